The highest BCUT2D eigenvalue weighted by Crippen LogP contribution is 2.40. The predicted molar refractivity (Wildman–Crippen MR) is 38.2 cm³/mol. The molecule has 1 aliphatic rings. The van der Waals surface area contributed by atoms with E-state index in [1.54, 1.807) is 6.92 Å². The van der Waals surface area contributed by atoms with Crippen LogP contribution in [0, 0.1) is 16.7 Å². The second-order valence-corrected chi connectivity index (χ2v) is 3.15. The molecule has 1 aliphatic carbocycles. The molecule has 0 radical (unpaired) electrons. The van der Waals surface area contributed by atoms with Crippen molar-refractivity contribution >= 4 is 0 Å². The van der Waals surface area contributed by atoms with Crippen molar-refractivity contribution < 1.29 is 5.11 Å². The van der Waals surface area contributed by atoms with E-state index in [1.165, 1.54) is 0 Å². The van der Waals surface area contributed by atoms with Gasteiger partial charge in [-0.3, -0.25) is 0 Å². The van der Waals surface area contributed by atoms with Crippen LogP contribution in [0.2, 0.25) is 0 Å². The summed E-state index contributed by atoms with van der Waals surface area (Å²) in [6, 6.07) is 2.23. The fourth-order valence-electron chi connectivity index (χ4n) is 1.63. The molecule has 0 aromatic carbocycles. The van der Waals surface area contributed by atoms with Gasteiger partial charge in [0.25, 0.3) is 0 Å². The highest BCUT2D eigenvalue weighted by molar-refractivity contribution is 5.04. The molecule has 1 rings (SSSR count). The van der Waals surface area contributed by atoms with Crippen molar-refractivity contribution in [3.63, 3.8) is 0 Å². The van der Waals surface area contributed by atoms with Crippen LogP contribution in [0.5, 0.6) is 0 Å². The largest absolute Gasteiger partial charge is 0.392 e. The van der Waals surface area contributed by atoms with Gasteiger partial charge in [-0.15, -0.1) is 0 Å². The molecule has 0 spiro atoms. The molecule has 2 nitrogen and oxygen atoms in total. The summed E-state index contributed by atoms with van der Waals surface area (Å²) in [6.07, 6.45) is 3.49. The first-order chi connectivity index (χ1) is 4.71. The minimum Gasteiger partial charge on any atom is -0.392 e. The molecule has 0 amide bonds. The Balaban J connectivity index is 2.70. The van der Waals surface area contributed by atoms with Crippen LogP contribution >= 0.6 is 0 Å². The zero-order valence-corrected chi connectivity index (χ0v) is 6.30. The first-order valence-electron chi connectivity index (χ1n) is 3.80. The molecule has 1 unspecified atom stereocenters. The van der Waals surface area contributed by atoms with Crippen molar-refractivity contribution in [2.45, 2.75) is 38.7 Å². The molecule has 1 fully saturated rings. The smallest absolute Gasteiger partial charge is 0.0829 e. The van der Waals surface area contributed by atoms with Gasteiger partial charge in [0.1, 0.15) is 0 Å². The molecule has 0 aromatic heterocycles. The van der Waals surface area contributed by atoms with Crippen molar-refractivity contribution in [1.82, 2.24) is 0 Å². The topological polar surface area (TPSA) is 44.0 Å². The maximum atomic E-state index is 9.28. The summed E-state index contributed by atoms with van der Waals surface area (Å²) in [5, 5.41) is 18.1. The van der Waals surface area contributed by atoms with Crippen molar-refractivity contribution in [2.75, 3.05) is 0 Å². The van der Waals surface area contributed by atoms with E-state index in [4.69, 9.17) is 5.26 Å². The summed E-state index contributed by atoms with van der Waals surface area (Å²) in [6.45, 7) is 1.72. The summed E-state index contributed by atoms with van der Waals surface area (Å²) in [5.74, 6) is 0. The van der Waals surface area contributed by atoms with E-state index in [1.807, 2.05) is 0 Å². The van der Waals surface area contributed by atoms with Crippen LogP contribution in [0.3, 0.4) is 0 Å². The van der Waals surface area contributed by atoms with Gasteiger partial charge in [0.2, 0.25) is 0 Å². The number of rotatable bonds is 1. The number of aliphatic hydroxyl groups is 1. The Kier molecular flexibility index (Phi) is 1.96. The third kappa shape index (κ3) is 1.02. The van der Waals surface area contributed by atoms with Gasteiger partial charge in [0.05, 0.1) is 17.6 Å². The van der Waals surface area contributed by atoms with E-state index in [-0.39, 0.29) is 0 Å². The number of aliphatic hydroxyl groups excluding tert-OH is 1. The molecule has 0 bridgehead atoms. The lowest BCUT2D eigenvalue weighted by Crippen LogP contribution is -2.27. The van der Waals surface area contributed by atoms with E-state index in [9.17, 15) is 5.11 Å². The van der Waals surface area contributed by atoms with Crippen LogP contribution in [0.4, 0.5) is 0 Å². The lowest BCUT2D eigenvalue weighted by atomic mass is 9.83. The highest BCUT2D eigenvalue weighted by Gasteiger charge is 2.38. The Morgan fingerprint density at radius 1 is 1.50 bits per heavy atom. The maximum Gasteiger partial charge on any atom is 0.0829 e. The Labute approximate surface area is 61.5 Å². The fraction of sp³-hybridized carbons (Fsp3) is 0.875. The summed E-state index contributed by atoms with van der Waals surface area (Å²) in [5.41, 5.74) is -0.403. The van der Waals surface area contributed by atoms with Crippen LogP contribution in [0.15, 0.2) is 0 Å². The molecular formula is C8H13NO. The third-order valence-electron chi connectivity index (χ3n) is 2.52. The first-order valence-corrected chi connectivity index (χ1v) is 3.80. The summed E-state index contributed by atoms with van der Waals surface area (Å²) in [7, 11) is 0. The first kappa shape index (κ1) is 7.56. The van der Waals surface area contributed by atoms with Crippen LogP contribution < -0.4 is 0 Å². The Morgan fingerprint density at radius 2 is 2.00 bits per heavy atom. The predicted octanol–water partition coefficient (Wildman–Crippen LogP) is 1.45. The van der Waals surface area contributed by atoms with Gasteiger partial charge in [-0.1, -0.05) is 12.8 Å². The van der Waals surface area contributed by atoms with E-state index >= 15 is 0 Å². The molecule has 0 heterocycles. The second-order valence-electron chi connectivity index (χ2n) is 3.15. The molecule has 1 saturated carbocycles. The molecule has 10 heavy (non-hydrogen) atoms. The molecule has 0 aliphatic heterocycles. The van der Waals surface area contributed by atoms with Gasteiger partial charge in [-0.25, -0.2) is 0 Å². The average molecular weight is 139 g/mol. The zero-order valence-electron chi connectivity index (χ0n) is 6.30. The van der Waals surface area contributed by atoms with Crippen molar-refractivity contribution in [3.8, 4) is 6.07 Å². The van der Waals surface area contributed by atoms with E-state index in [0.29, 0.717) is 0 Å². The van der Waals surface area contributed by atoms with Crippen LogP contribution in [-0.2, 0) is 0 Å². The van der Waals surface area contributed by atoms with E-state index in [0.717, 1.165) is 25.7 Å². The molecule has 56 valence electrons. The van der Waals surface area contributed by atoms with Crippen LogP contribution in [-0.4, -0.2) is 11.2 Å². The van der Waals surface area contributed by atoms with E-state index < -0.39 is 11.5 Å². The third-order valence-corrected chi connectivity index (χ3v) is 2.52. The molecule has 0 aromatic rings. The normalized spacial score (nSPS) is 25.7. The number of hydrogen-bond donors (Lipinski definition) is 1. The maximum absolute atomic E-state index is 9.28. The van der Waals surface area contributed by atoms with Crippen molar-refractivity contribution in [3.05, 3.63) is 0 Å². The minimum atomic E-state index is -0.458. The van der Waals surface area contributed by atoms with Gasteiger partial charge >= 0.3 is 0 Å². The van der Waals surface area contributed by atoms with Gasteiger partial charge in [0, 0.05) is 0 Å². The lowest BCUT2D eigenvalue weighted by molar-refractivity contribution is 0.0844. The second kappa shape index (κ2) is 2.59. The zero-order chi connectivity index (χ0) is 7.61. The molecule has 2 heteroatoms. The van der Waals surface area contributed by atoms with Crippen molar-refractivity contribution in [1.29, 1.82) is 5.26 Å². The monoisotopic (exact) mass is 139 g/mol. The van der Waals surface area contributed by atoms with Crippen LogP contribution in [0.25, 0.3) is 0 Å². The van der Waals surface area contributed by atoms with E-state index in [2.05, 4.69) is 6.07 Å². The summed E-state index contributed by atoms with van der Waals surface area (Å²) in [4.78, 5) is 0. The Bertz CT molecular complexity index is 151. The number of nitriles is 1. The molecule has 1 N–H and O–H groups in total. The Hall–Kier alpha value is -0.550. The SMILES string of the molecule is CC(O)C1(C#N)CCCC1. The quantitative estimate of drug-likeness (QED) is 0.597. The van der Waals surface area contributed by atoms with Gasteiger partial charge in [-0.2, -0.15) is 5.26 Å². The molecular weight excluding hydrogens is 126 g/mol. The summed E-state index contributed by atoms with van der Waals surface area (Å²) >= 11 is 0. The van der Waals surface area contributed by atoms with Crippen LogP contribution in [0.1, 0.15) is 32.6 Å². The summed E-state index contributed by atoms with van der Waals surface area (Å²) < 4.78 is 0. The highest BCUT2D eigenvalue weighted by atomic mass is 16.3. The van der Waals surface area contributed by atoms with Crippen molar-refractivity contribution in [2.24, 2.45) is 5.41 Å². The molecule has 1 atom stereocenters. The van der Waals surface area contributed by atoms with Gasteiger partial charge in [-0.05, 0) is 19.8 Å². The standard InChI is InChI=1S/C8H13NO/c1-7(10)8(6-9)4-2-3-5-8/h7,10H,2-5H2,1H3. The minimum absolute atomic E-state index is 0.403. The van der Waals surface area contributed by atoms with Gasteiger partial charge in [0.15, 0.2) is 0 Å². The Morgan fingerprint density at radius 3 is 2.20 bits per heavy atom. The number of nitrogens with zero attached hydrogens (tertiary/aromatic N) is 1. The lowest BCUT2D eigenvalue weighted by Gasteiger charge is -2.22. The molecule has 0 saturated heterocycles. The fourth-order valence-corrected chi connectivity index (χ4v) is 1.63. The average Bonchev–Trinajstić information content (AvgIpc) is 2.35. The van der Waals surface area contributed by atoms with Gasteiger partial charge < -0.3 is 5.11 Å². The number of hydrogen-bond acceptors (Lipinski definition) is 2.